The number of thiophene rings is 1. The summed E-state index contributed by atoms with van der Waals surface area (Å²) >= 11 is 1.10. The molecule has 3 aromatic rings. The number of aromatic nitrogens is 2. The molecule has 31 heavy (non-hydrogen) atoms. The van der Waals surface area contributed by atoms with Crippen molar-refractivity contribution < 1.29 is 23.8 Å². The molecule has 2 aromatic heterocycles. The molecule has 1 atom stereocenters. The molecule has 0 saturated heterocycles. The molecule has 1 aromatic carbocycles. The molecule has 0 aliphatic rings. The Kier molecular flexibility index (Phi) is 6.59. The van der Waals surface area contributed by atoms with Gasteiger partial charge in [-0.2, -0.15) is 0 Å². The second-order valence-corrected chi connectivity index (χ2v) is 7.65. The van der Waals surface area contributed by atoms with Crippen molar-refractivity contribution in [1.82, 2.24) is 9.55 Å². The van der Waals surface area contributed by atoms with Crippen LogP contribution in [0.3, 0.4) is 0 Å². The minimum Gasteiger partial charge on any atom is -0.493 e. The molecular weight excluding hydrogens is 422 g/mol. The van der Waals surface area contributed by atoms with Gasteiger partial charge in [-0.3, -0.25) is 14.2 Å². The lowest BCUT2D eigenvalue weighted by molar-refractivity contribution is -0.118. The minimum absolute atomic E-state index is 0.234. The molecule has 0 aliphatic heterocycles. The summed E-state index contributed by atoms with van der Waals surface area (Å²) < 4.78 is 16.7. The van der Waals surface area contributed by atoms with E-state index in [0.29, 0.717) is 37.8 Å². The fraction of sp³-hybridized carbons (Fsp3) is 0.333. The van der Waals surface area contributed by atoms with Gasteiger partial charge in [0.25, 0.3) is 5.56 Å². The fourth-order valence-electron chi connectivity index (χ4n) is 3.09. The molecule has 10 heteroatoms. The Hall–Kier alpha value is -3.40. The summed E-state index contributed by atoms with van der Waals surface area (Å²) in [5.74, 6) is 0.0977. The number of amides is 1. The third-order valence-electron chi connectivity index (χ3n) is 4.78. The largest absolute Gasteiger partial charge is 0.493 e. The highest BCUT2D eigenvalue weighted by molar-refractivity contribution is 7.20. The van der Waals surface area contributed by atoms with Gasteiger partial charge in [0.2, 0.25) is 5.91 Å². The molecule has 0 spiro atoms. The van der Waals surface area contributed by atoms with Crippen molar-refractivity contribution in [2.75, 3.05) is 26.1 Å². The van der Waals surface area contributed by atoms with Crippen LogP contribution in [0.15, 0.2) is 29.3 Å². The Morgan fingerprint density at radius 2 is 1.94 bits per heavy atom. The van der Waals surface area contributed by atoms with Gasteiger partial charge in [0.1, 0.15) is 15.7 Å². The number of ether oxygens (including phenoxy) is 3. The lowest BCUT2D eigenvalue weighted by atomic mass is 10.2. The van der Waals surface area contributed by atoms with E-state index in [-0.39, 0.29) is 6.61 Å². The first-order valence-corrected chi connectivity index (χ1v) is 10.3. The van der Waals surface area contributed by atoms with E-state index in [0.717, 1.165) is 11.3 Å². The van der Waals surface area contributed by atoms with Crippen LogP contribution in [0.1, 0.15) is 35.1 Å². The quantitative estimate of drug-likeness (QED) is 0.557. The third kappa shape index (κ3) is 4.24. The Balaban J connectivity index is 1.91. The number of carbonyl (C=O) groups is 2. The van der Waals surface area contributed by atoms with Gasteiger partial charge in [-0.05, 0) is 38.5 Å². The third-order valence-corrected chi connectivity index (χ3v) is 5.96. The van der Waals surface area contributed by atoms with Crippen LogP contribution in [0.25, 0.3) is 10.2 Å². The summed E-state index contributed by atoms with van der Waals surface area (Å²) in [4.78, 5) is 43.1. The molecule has 1 N–H and O–H groups in total. The van der Waals surface area contributed by atoms with Crippen molar-refractivity contribution in [3.05, 3.63) is 45.3 Å². The molecule has 0 radical (unpaired) electrons. The first-order valence-electron chi connectivity index (χ1n) is 9.52. The first-order chi connectivity index (χ1) is 14.8. The molecule has 0 saturated carbocycles. The summed E-state index contributed by atoms with van der Waals surface area (Å²) in [7, 11) is 3.02. The molecule has 9 nitrogen and oxygen atoms in total. The highest BCUT2D eigenvalue weighted by Gasteiger charge is 2.23. The van der Waals surface area contributed by atoms with Crippen molar-refractivity contribution in [1.29, 1.82) is 0 Å². The highest BCUT2D eigenvalue weighted by atomic mass is 32.1. The molecular formula is C21H23N3O6S. The summed E-state index contributed by atoms with van der Waals surface area (Å²) in [5.41, 5.74) is 0.593. The van der Waals surface area contributed by atoms with Gasteiger partial charge in [0.05, 0.1) is 32.5 Å². The fourth-order valence-corrected chi connectivity index (χ4v) is 4.12. The zero-order chi connectivity index (χ0) is 22.7. The van der Waals surface area contributed by atoms with Crippen LogP contribution in [0.2, 0.25) is 0 Å². The molecule has 3 rings (SSSR count). The standard InChI is InChI=1S/C21H23N3O6S/c1-6-30-21(27)17-11(2)16-19(31-17)22-10-24(20(16)26)12(3)18(25)23-13-7-8-14(28-4)15(9-13)29-5/h7-10,12H,6H2,1-5H3,(H,23,25). The Bertz CT molecular complexity index is 1200. The second kappa shape index (κ2) is 9.17. The number of anilines is 1. The zero-order valence-corrected chi connectivity index (χ0v) is 18.7. The van der Waals surface area contributed by atoms with Gasteiger partial charge in [-0.15, -0.1) is 11.3 Å². The van der Waals surface area contributed by atoms with E-state index in [1.165, 1.54) is 25.1 Å². The summed E-state index contributed by atoms with van der Waals surface area (Å²) in [6, 6.07) is 4.13. The summed E-state index contributed by atoms with van der Waals surface area (Å²) in [6.45, 7) is 5.22. The average molecular weight is 445 g/mol. The topological polar surface area (TPSA) is 109 Å². The number of carbonyl (C=O) groups excluding carboxylic acids is 2. The number of esters is 1. The van der Waals surface area contributed by atoms with E-state index >= 15 is 0 Å². The van der Waals surface area contributed by atoms with Gasteiger partial charge in [-0.1, -0.05) is 0 Å². The number of nitrogens with zero attached hydrogens (tertiary/aromatic N) is 2. The number of aryl methyl sites for hydroxylation is 1. The van der Waals surface area contributed by atoms with Crippen molar-refractivity contribution in [2.24, 2.45) is 0 Å². The smallest absolute Gasteiger partial charge is 0.348 e. The van der Waals surface area contributed by atoms with Gasteiger partial charge in [-0.25, -0.2) is 9.78 Å². The number of fused-ring (bicyclic) bond motifs is 1. The van der Waals surface area contributed by atoms with E-state index in [2.05, 4.69) is 10.3 Å². The van der Waals surface area contributed by atoms with Crippen LogP contribution in [0, 0.1) is 6.92 Å². The van der Waals surface area contributed by atoms with Crippen LogP contribution >= 0.6 is 11.3 Å². The monoisotopic (exact) mass is 445 g/mol. The van der Waals surface area contributed by atoms with Gasteiger partial charge in [0, 0.05) is 11.8 Å². The first kappa shape index (κ1) is 22.3. The van der Waals surface area contributed by atoms with Crippen molar-refractivity contribution in [2.45, 2.75) is 26.8 Å². The number of benzene rings is 1. The molecule has 1 unspecified atom stereocenters. The average Bonchev–Trinajstić information content (AvgIpc) is 3.10. The lowest BCUT2D eigenvalue weighted by Gasteiger charge is -2.16. The molecule has 1 amide bonds. The van der Waals surface area contributed by atoms with Crippen LogP contribution in [-0.2, 0) is 9.53 Å². The van der Waals surface area contributed by atoms with E-state index in [9.17, 15) is 14.4 Å². The number of nitrogens with one attached hydrogen (secondary N) is 1. The maximum Gasteiger partial charge on any atom is 0.348 e. The van der Waals surface area contributed by atoms with E-state index in [1.54, 1.807) is 39.0 Å². The predicted molar refractivity (Wildman–Crippen MR) is 117 cm³/mol. The van der Waals surface area contributed by atoms with Crippen LogP contribution in [-0.4, -0.2) is 42.3 Å². The molecule has 0 bridgehead atoms. The number of methoxy groups -OCH3 is 2. The summed E-state index contributed by atoms with van der Waals surface area (Å²) in [6.07, 6.45) is 1.31. The van der Waals surface area contributed by atoms with Crippen molar-refractivity contribution in [3.63, 3.8) is 0 Å². The van der Waals surface area contributed by atoms with Crippen LogP contribution in [0.4, 0.5) is 5.69 Å². The van der Waals surface area contributed by atoms with E-state index < -0.39 is 23.5 Å². The highest BCUT2D eigenvalue weighted by Crippen LogP contribution is 2.30. The normalized spacial score (nSPS) is 11.8. The van der Waals surface area contributed by atoms with Crippen molar-refractivity contribution in [3.8, 4) is 11.5 Å². The maximum absolute atomic E-state index is 13.1. The Morgan fingerprint density at radius 3 is 2.58 bits per heavy atom. The van der Waals surface area contributed by atoms with Crippen LogP contribution < -0.4 is 20.3 Å². The number of hydrogen-bond acceptors (Lipinski definition) is 8. The molecule has 164 valence electrons. The molecule has 2 heterocycles. The lowest BCUT2D eigenvalue weighted by Crippen LogP contribution is -2.31. The number of rotatable bonds is 7. The van der Waals surface area contributed by atoms with Crippen molar-refractivity contribution >= 4 is 39.1 Å². The van der Waals surface area contributed by atoms with Gasteiger partial charge < -0.3 is 19.5 Å². The Morgan fingerprint density at radius 1 is 1.23 bits per heavy atom. The van der Waals surface area contributed by atoms with E-state index in [1.807, 2.05) is 0 Å². The Labute approximate surface area is 182 Å². The van der Waals surface area contributed by atoms with Gasteiger partial charge >= 0.3 is 5.97 Å². The van der Waals surface area contributed by atoms with Crippen LogP contribution in [0.5, 0.6) is 11.5 Å². The molecule has 0 aliphatic carbocycles. The molecule has 0 fully saturated rings. The predicted octanol–water partition coefficient (Wildman–Crippen LogP) is 3.16. The second-order valence-electron chi connectivity index (χ2n) is 6.65. The SMILES string of the molecule is CCOC(=O)c1sc2ncn(C(C)C(=O)Nc3ccc(OC)c(OC)c3)c(=O)c2c1C. The summed E-state index contributed by atoms with van der Waals surface area (Å²) in [5, 5.41) is 3.07. The zero-order valence-electron chi connectivity index (χ0n) is 17.8. The van der Waals surface area contributed by atoms with Gasteiger partial charge in [0.15, 0.2) is 11.5 Å². The minimum atomic E-state index is -0.845. The van der Waals surface area contributed by atoms with E-state index in [4.69, 9.17) is 14.2 Å². The maximum atomic E-state index is 13.1. The number of hydrogen-bond donors (Lipinski definition) is 1.